The van der Waals surface area contributed by atoms with Gasteiger partial charge in [0.05, 0.1) is 12.6 Å². The molecule has 0 saturated heterocycles. The molecule has 1 aromatic carbocycles. The maximum atomic E-state index is 13.4. The highest BCUT2D eigenvalue weighted by Crippen LogP contribution is 2.25. The molecule has 1 aromatic rings. The maximum absolute atomic E-state index is 13.4. The highest BCUT2D eigenvalue weighted by Gasteiger charge is 2.16. The third-order valence-corrected chi connectivity index (χ3v) is 2.36. The van der Waals surface area contributed by atoms with Crippen molar-refractivity contribution in [1.29, 1.82) is 0 Å². The van der Waals surface area contributed by atoms with Gasteiger partial charge < -0.3 is 10.1 Å². The molecular formula is C10H13ClFNO. The van der Waals surface area contributed by atoms with Crippen LogP contribution >= 0.6 is 11.6 Å². The minimum absolute atomic E-state index is 0.214. The summed E-state index contributed by atoms with van der Waals surface area (Å²) in [6, 6.07) is 4.43. The number of ether oxygens (including phenoxy) is 1. The SMILES string of the molecule is CNC(COC)c1c(F)cccc1Cl. The maximum Gasteiger partial charge on any atom is 0.129 e. The molecule has 0 radical (unpaired) electrons. The second-order valence-corrected chi connectivity index (χ2v) is 3.34. The number of halogens is 2. The van der Waals surface area contributed by atoms with E-state index < -0.39 is 0 Å². The molecule has 0 aliphatic carbocycles. The summed E-state index contributed by atoms with van der Waals surface area (Å²) < 4.78 is 18.4. The average Bonchev–Trinajstić information content (AvgIpc) is 2.16. The molecule has 0 saturated carbocycles. The molecule has 14 heavy (non-hydrogen) atoms. The Labute approximate surface area is 88.0 Å². The van der Waals surface area contributed by atoms with Crippen LogP contribution < -0.4 is 5.32 Å². The fourth-order valence-corrected chi connectivity index (χ4v) is 1.62. The number of hydrogen-bond donors (Lipinski definition) is 1. The highest BCUT2D eigenvalue weighted by atomic mass is 35.5. The number of hydrogen-bond acceptors (Lipinski definition) is 2. The van der Waals surface area contributed by atoms with Crippen molar-refractivity contribution in [2.24, 2.45) is 0 Å². The molecular weight excluding hydrogens is 205 g/mol. The summed E-state index contributed by atoms with van der Waals surface area (Å²) in [5, 5.41) is 3.37. The summed E-state index contributed by atoms with van der Waals surface area (Å²) in [4.78, 5) is 0. The zero-order valence-corrected chi connectivity index (χ0v) is 8.94. The van der Waals surface area contributed by atoms with Crippen LogP contribution in [-0.2, 0) is 4.74 Å². The van der Waals surface area contributed by atoms with Gasteiger partial charge in [0, 0.05) is 17.7 Å². The lowest BCUT2D eigenvalue weighted by Crippen LogP contribution is -2.22. The summed E-state index contributed by atoms with van der Waals surface area (Å²) in [7, 11) is 3.31. The van der Waals surface area contributed by atoms with Gasteiger partial charge in [-0.15, -0.1) is 0 Å². The van der Waals surface area contributed by atoms with Crippen molar-refractivity contribution in [3.8, 4) is 0 Å². The third kappa shape index (κ3) is 2.44. The van der Waals surface area contributed by atoms with E-state index in [1.54, 1.807) is 26.3 Å². The number of methoxy groups -OCH3 is 1. The van der Waals surface area contributed by atoms with Crippen LogP contribution in [0.2, 0.25) is 5.02 Å². The molecule has 0 fully saturated rings. The van der Waals surface area contributed by atoms with Crippen LogP contribution in [0.3, 0.4) is 0 Å². The van der Waals surface area contributed by atoms with E-state index in [-0.39, 0.29) is 11.9 Å². The first-order chi connectivity index (χ1) is 6.70. The van der Waals surface area contributed by atoms with Gasteiger partial charge in [0.2, 0.25) is 0 Å². The minimum Gasteiger partial charge on any atom is -0.383 e. The Morgan fingerprint density at radius 1 is 1.57 bits per heavy atom. The molecule has 0 aliphatic rings. The van der Waals surface area contributed by atoms with E-state index in [9.17, 15) is 4.39 Å². The molecule has 0 spiro atoms. The van der Waals surface area contributed by atoms with Gasteiger partial charge in [-0.25, -0.2) is 4.39 Å². The van der Waals surface area contributed by atoms with Gasteiger partial charge in [0.1, 0.15) is 5.82 Å². The fourth-order valence-electron chi connectivity index (χ4n) is 1.32. The predicted octanol–water partition coefficient (Wildman–Crippen LogP) is 2.39. The standard InChI is InChI=1S/C10H13ClFNO/c1-13-9(6-14-2)10-7(11)4-3-5-8(10)12/h3-5,9,13H,6H2,1-2H3. The second kappa shape index (κ2) is 5.29. The smallest absolute Gasteiger partial charge is 0.129 e. The molecule has 0 aromatic heterocycles. The van der Waals surface area contributed by atoms with E-state index >= 15 is 0 Å². The van der Waals surface area contributed by atoms with Crippen molar-refractivity contribution < 1.29 is 9.13 Å². The summed E-state index contributed by atoms with van der Waals surface area (Å²) in [5.74, 6) is -0.311. The fraction of sp³-hybridized carbons (Fsp3) is 0.400. The van der Waals surface area contributed by atoms with Gasteiger partial charge in [-0.3, -0.25) is 0 Å². The second-order valence-electron chi connectivity index (χ2n) is 2.93. The first kappa shape index (κ1) is 11.4. The van der Waals surface area contributed by atoms with Gasteiger partial charge in [0.15, 0.2) is 0 Å². The van der Waals surface area contributed by atoms with Crippen LogP contribution in [-0.4, -0.2) is 20.8 Å². The van der Waals surface area contributed by atoms with Crippen LogP contribution in [0.1, 0.15) is 11.6 Å². The zero-order chi connectivity index (χ0) is 10.6. The van der Waals surface area contributed by atoms with E-state index in [0.717, 1.165) is 0 Å². The number of benzene rings is 1. The molecule has 0 heterocycles. The van der Waals surface area contributed by atoms with Crippen molar-refractivity contribution >= 4 is 11.6 Å². The molecule has 0 aliphatic heterocycles. The van der Waals surface area contributed by atoms with Gasteiger partial charge in [-0.05, 0) is 19.2 Å². The molecule has 4 heteroatoms. The summed E-state index contributed by atoms with van der Waals surface area (Å²) in [6.07, 6.45) is 0. The van der Waals surface area contributed by atoms with Crippen LogP contribution in [0, 0.1) is 5.82 Å². The van der Waals surface area contributed by atoms with Gasteiger partial charge in [0.25, 0.3) is 0 Å². The largest absolute Gasteiger partial charge is 0.383 e. The lowest BCUT2D eigenvalue weighted by molar-refractivity contribution is 0.169. The highest BCUT2D eigenvalue weighted by molar-refractivity contribution is 6.31. The van der Waals surface area contributed by atoms with Crippen molar-refractivity contribution in [3.63, 3.8) is 0 Å². The van der Waals surface area contributed by atoms with Crippen molar-refractivity contribution in [2.75, 3.05) is 20.8 Å². The van der Waals surface area contributed by atoms with Crippen LogP contribution in [0.5, 0.6) is 0 Å². The lowest BCUT2D eigenvalue weighted by Gasteiger charge is -2.17. The number of nitrogens with one attached hydrogen (secondary N) is 1. The third-order valence-electron chi connectivity index (χ3n) is 2.03. The lowest BCUT2D eigenvalue weighted by atomic mass is 10.1. The molecule has 0 bridgehead atoms. The monoisotopic (exact) mass is 217 g/mol. The molecule has 1 atom stereocenters. The molecule has 2 nitrogen and oxygen atoms in total. The summed E-state index contributed by atoms with van der Waals surface area (Å²) >= 11 is 5.90. The molecule has 1 unspecified atom stereocenters. The zero-order valence-electron chi connectivity index (χ0n) is 8.18. The molecule has 1 rings (SSSR count). The van der Waals surface area contributed by atoms with E-state index in [4.69, 9.17) is 16.3 Å². The summed E-state index contributed by atoms with van der Waals surface area (Å²) in [5.41, 5.74) is 0.457. The van der Waals surface area contributed by atoms with Crippen LogP contribution in [0.4, 0.5) is 4.39 Å². The van der Waals surface area contributed by atoms with E-state index in [2.05, 4.69) is 5.32 Å². The van der Waals surface area contributed by atoms with E-state index in [1.807, 2.05) is 0 Å². The predicted molar refractivity (Wildman–Crippen MR) is 55.1 cm³/mol. The average molecular weight is 218 g/mol. The topological polar surface area (TPSA) is 21.3 Å². The van der Waals surface area contributed by atoms with E-state index in [1.165, 1.54) is 6.07 Å². The van der Waals surface area contributed by atoms with E-state index in [0.29, 0.717) is 17.2 Å². The van der Waals surface area contributed by atoms with Crippen molar-refractivity contribution in [1.82, 2.24) is 5.32 Å². The molecule has 0 amide bonds. The number of likely N-dealkylation sites (N-methyl/N-ethyl adjacent to an activating group) is 1. The molecule has 78 valence electrons. The van der Waals surface area contributed by atoms with Crippen LogP contribution in [0.15, 0.2) is 18.2 Å². The van der Waals surface area contributed by atoms with Crippen LogP contribution in [0.25, 0.3) is 0 Å². The van der Waals surface area contributed by atoms with Gasteiger partial charge >= 0.3 is 0 Å². The Morgan fingerprint density at radius 2 is 2.29 bits per heavy atom. The quantitative estimate of drug-likeness (QED) is 0.836. The van der Waals surface area contributed by atoms with Gasteiger partial charge in [-0.2, -0.15) is 0 Å². The van der Waals surface area contributed by atoms with Crippen molar-refractivity contribution in [2.45, 2.75) is 6.04 Å². The first-order valence-corrected chi connectivity index (χ1v) is 4.68. The van der Waals surface area contributed by atoms with Gasteiger partial charge in [-0.1, -0.05) is 17.7 Å². The normalized spacial score (nSPS) is 12.9. The Balaban J connectivity index is 3.02. The Morgan fingerprint density at radius 3 is 2.79 bits per heavy atom. The Bertz CT molecular complexity index is 286. The summed E-state index contributed by atoms with van der Waals surface area (Å²) in [6.45, 7) is 0.386. The minimum atomic E-state index is -0.311. The Hall–Kier alpha value is -0.640. The first-order valence-electron chi connectivity index (χ1n) is 4.30. The number of rotatable bonds is 4. The molecule has 1 N–H and O–H groups in total. The Kier molecular flexibility index (Phi) is 4.32. The van der Waals surface area contributed by atoms with Crippen molar-refractivity contribution in [3.05, 3.63) is 34.6 Å².